The molecule has 0 fully saturated rings. The summed E-state index contributed by atoms with van der Waals surface area (Å²) in [6.45, 7) is 2.07. The molecule has 5 nitrogen and oxygen atoms in total. The van der Waals surface area contributed by atoms with Gasteiger partial charge in [-0.1, -0.05) is 59.3 Å². The zero-order valence-electron chi connectivity index (χ0n) is 16.6. The number of anilines is 1. The van der Waals surface area contributed by atoms with Gasteiger partial charge in [0.15, 0.2) is 10.6 Å². The van der Waals surface area contributed by atoms with Crippen molar-refractivity contribution >= 4 is 47.2 Å². The number of aromatic nitrogens is 3. The molecule has 0 aliphatic carbocycles. The molecule has 4 aromatic rings. The third-order valence-corrected chi connectivity index (χ3v) is 6.38. The highest BCUT2D eigenvalue weighted by Crippen LogP contribution is 2.33. The molecular weight excluding hydrogens is 448 g/mol. The minimum Gasteiger partial charge on any atom is -0.325 e. The minimum absolute atomic E-state index is 0.0642. The Morgan fingerprint density at radius 3 is 2.65 bits per heavy atom. The van der Waals surface area contributed by atoms with Gasteiger partial charge < -0.3 is 5.32 Å². The Labute approximate surface area is 194 Å². The van der Waals surface area contributed by atoms with Crippen LogP contribution in [0.15, 0.2) is 82.6 Å². The predicted molar refractivity (Wildman–Crippen MR) is 128 cm³/mol. The third kappa shape index (κ3) is 5.25. The Bertz CT molecular complexity index is 1280. The molecule has 1 aromatic heterocycles. The largest absolute Gasteiger partial charge is 0.325 e. The van der Waals surface area contributed by atoms with Gasteiger partial charge in [0.1, 0.15) is 6.54 Å². The summed E-state index contributed by atoms with van der Waals surface area (Å²) < 4.78 is 2.10. The summed E-state index contributed by atoms with van der Waals surface area (Å²) in [5.41, 5.74) is 2.72. The molecule has 1 amide bonds. The number of aromatic amines is 1. The van der Waals surface area contributed by atoms with Crippen LogP contribution in [0.5, 0.6) is 0 Å². The van der Waals surface area contributed by atoms with Crippen LogP contribution in [-0.4, -0.2) is 20.7 Å². The standard InChI is InChI=1S/C23H19ClN4OS2/c1-15-5-4-6-16(13-15)22-26-27-23(30)28(22)14-21(29)25-17-9-11-18(12-10-17)31-20-8-3-2-7-19(20)24/h2-13H,14H2,1H3,(H,25,29)(H,27,30). The first-order valence-electron chi connectivity index (χ1n) is 9.54. The van der Waals surface area contributed by atoms with Gasteiger partial charge in [0.2, 0.25) is 5.91 Å². The van der Waals surface area contributed by atoms with E-state index in [1.165, 1.54) is 0 Å². The fourth-order valence-electron chi connectivity index (χ4n) is 3.07. The average Bonchev–Trinajstić information content (AvgIpc) is 3.11. The molecule has 0 saturated heterocycles. The zero-order valence-corrected chi connectivity index (χ0v) is 19.0. The van der Waals surface area contributed by atoms with Crippen LogP contribution in [0.3, 0.4) is 0 Å². The van der Waals surface area contributed by atoms with Crippen LogP contribution in [0.4, 0.5) is 5.69 Å². The van der Waals surface area contributed by atoms with E-state index >= 15 is 0 Å². The summed E-state index contributed by atoms with van der Waals surface area (Å²) >= 11 is 13.1. The monoisotopic (exact) mass is 466 g/mol. The molecule has 0 spiro atoms. The minimum atomic E-state index is -0.182. The summed E-state index contributed by atoms with van der Waals surface area (Å²) in [6, 6.07) is 23.3. The number of amides is 1. The Morgan fingerprint density at radius 1 is 1.13 bits per heavy atom. The quantitative estimate of drug-likeness (QED) is 0.324. The van der Waals surface area contributed by atoms with Crippen molar-refractivity contribution < 1.29 is 4.79 Å². The summed E-state index contributed by atoms with van der Waals surface area (Å²) in [7, 11) is 0. The second-order valence-corrected chi connectivity index (χ2v) is 8.82. The van der Waals surface area contributed by atoms with Crippen LogP contribution < -0.4 is 5.32 Å². The lowest BCUT2D eigenvalue weighted by Crippen LogP contribution is -2.19. The molecule has 0 saturated carbocycles. The molecular formula is C23H19ClN4OS2. The maximum atomic E-state index is 12.7. The predicted octanol–water partition coefficient (Wildman–Crippen LogP) is 6.36. The summed E-state index contributed by atoms with van der Waals surface area (Å²) in [5, 5.41) is 10.7. The number of hydrogen-bond acceptors (Lipinski definition) is 4. The van der Waals surface area contributed by atoms with E-state index in [0.29, 0.717) is 21.3 Å². The molecule has 3 aromatic carbocycles. The van der Waals surface area contributed by atoms with E-state index < -0.39 is 0 Å². The number of carbonyl (C=O) groups is 1. The third-order valence-electron chi connectivity index (χ3n) is 4.54. The molecule has 156 valence electrons. The molecule has 1 heterocycles. The SMILES string of the molecule is Cc1cccc(-c2n[nH]c(=S)n2CC(=O)Nc2ccc(Sc3ccccc3Cl)cc2)c1. The molecule has 0 radical (unpaired) electrons. The first-order valence-corrected chi connectivity index (χ1v) is 11.1. The van der Waals surface area contributed by atoms with Crippen molar-refractivity contribution in [1.29, 1.82) is 0 Å². The van der Waals surface area contributed by atoms with E-state index in [2.05, 4.69) is 15.5 Å². The van der Waals surface area contributed by atoms with Gasteiger partial charge in [-0.3, -0.25) is 14.5 Å². The highest BCUT2D eigenvalue weighted by molar-refractivity contribution is 7.99. The second kappa shape index (κ2) is 9.51. The molecule has 2 N–H and O–H groups in total. The van der Waals surface area contributed by atoms with Crippen LogP contribution in [0, 0.1) is 11.7 Å². The van der Waals surface area contributed by atoms with Gasteiger partial charge in [0.25, 0.3) is 0 Å². The van der Waals surface area contributed by atoms with Crippen LogP contribution in [0.1, 0.15) is 5.56 Å². The summed E-state index contributed by atoms with van der Waals surface area (Å²) in [5.74, 6) is 0.452. The van der Waals surface area contributed by atoms with Crippen molar-refractivity contribution in [3.05, 3.63) is 88.2 Å². The number of carbonyl (C=O) groups excluding carboxylic acids is 1. The van der Waals surface area contributed by atoms with E-state index in [1.807, 2.05) is 79.7 Å². The van der Waals surface area contributed by atoms with E-state index in [4.69, 9.17) is 23.8 Å². The highest BCUT2D eigenvalue weighted by Gasteiger charge is 2.13. The maximum absolute atomic E-state index is 12.7. The van der Waals surface area contributed by atoms with Gasteiger partial charge in [0, 0.05) is 21.0 Å². The van der Waals surface area contributed by atoms with Gasteiger partial charge >= 0.3 is 0 Å². The van der Waals surface area contributed by atoms with E-state index in [1.54, 1.807) is 16.3 Å². The van der Waals surface area contributed by atoms with Gasteiger partial charge in [-0.2, -0.15) is 5.10 Å². The lowest BCUT2D eigenvalue weighted by atomic mass is 10.1. The van der Waals surface area contributed by atoms with Gasteiger partial charge in [-0.05, 0) is 61.6 Å². The first kappa shape index (κ1) is 21.4. The van der Waals surface area contributed by atoms with E-state index in [0.717, 1.165) is 20.9 Å². The number of aryl methyl sites for hydroxylation is 1. The molecule has 0 aliphatic heterocycles. The van der Waals surface area contributed by atoms with Crippen LogP contribution in [0.2, 0.25) is 5.02 Å². The van der Waals surface area contributed by atoms with Gasteiger partial charge in [0.05, 0.1) is 5.02 Å². The van der Waals surface area contributed by atoms with Gasteiger partial charge in [-0.15, -0.1) is 0 Å². The summed E-state index contributed by atoms with van der Waals surface area (Å²) in [6.07, 6.45) is 0. The number of nitrogens with one attached hydrogen (secondary N) is 2. The lowest BCUT2D eigenvalue weighted by molar-refractivity contribution is -0.116. The van der Waals surface area contributed by atoms with Crippen molar-refractivity contribution in [2.45, 2.75) is 23.3 Å². The average molecular weight is 467 g/mol. The molecule has 4 rings (SSSR count). The van der Waals surface area contributed by atoms with E-state index in [9.17, 15) is 4.79 Å². The lowest BCUT2D eigenvalue weighted by Gasteiger charge is -2.09. The first-order chi connectivity index (χ1) is 15.0. The normalized spacial score (nSPS) is 10.8. The molecule has 0 atom stereocenters. The highest BCUT2D eigenvalue weighted by atomic mass is 35.5. The smallest absolute Gasteiger partial charge is 0.244 e. The number of rotatable bonds is 6. The number of H-pyrrole nitrogens is 1. The Hall–Kier alpha value is -2.87. The van der Waals surface area contributed by atoms with Crippen molar-refractivity contribution in [2.24, 2.45) is 0 Å². The number of nitrogens with zero attached hydrogens (tertiary/aromatic N) is 2. The molecule has 0 bridgehead atoms. The van der Waals surface area contributed by atoms with Crippen molar-refractivity contribution in [1.82, 2.24) is 14.8 Å². The zero-order chi connectivity index (χ0) is 21.8. The maximum Gasteiger partial charge on any atom is 0.244 e. The molecule has 31 heavy (non-hydrogen) atoms. The summed E-state index contributed by atoms with van der Waals surface area (Å²) in [4.78, 5) is 14.7. The Morgan fingerprint density at radius 2 is 1.90 bits per heavy atom. The number of halogens is 1. The van der Waals surface area contributed by atoms with Crippen LogP contribution in [-0.2, 0) is 11.3 Å². The van der Waals surface area contributed by atoms with Crippen molar-refractivity contribution in [3.63, 3.8) is 0 Å². The van der Waals surface area contributed by atoms with Crippen LogP contribution >= 0.6 is 35.6 Å². The molecule has 0 unspecified atom stereocenters. The van der Waals surface area contributed by atoms with Gasteiger partial charge in [-0.25, -0.2) is 0 Å². The fraction of sp³-hybridized carbons (Fsp3) is 0.0870. The van der Waals surface area contributed by atoms with Crippen molar-refractivity contribution in [2.75, 3.05) is 5.32 Å². The van der Waals surface area contributed by atoms with Crippen LogP contribution in [0.25, 0.3) is 11.4 Å². The second-order valence-electron chi connectivity index (χ2n) is 6.91. The molecule has 0 aliphatic rings. The Balaban J connectivity index is 1.45. The topological polar surface area (TPSA) is 62.7 Å². The van der Waals surface area contributed by atoms with Crippen molar-refractivity contribution in [3.8, 4) is 11.4 Å². The number of benzene rings is 3. The fourth-order valence-corrected chi connectivity index (χ4v) is 4.36. The van der Waals surface area contributed by atoms with E-state index in [-0.39, 0.29) is 12.5 Å². The Kier molecular flexibility index (Phi) is 6.56. The molecule has 8 heteroatoms. The number of hydrogen-bond donors (Lipinski definition) is 2.